The summed E-state index contributed by atoms with van der Waals surface area (Å²) in [7, 11) is -3.31. The molecule has 6 heteroatoms. The molecule has 0 spiro atoms. The van der Waals surface area contributed by atoms with Gasteiger partial charge in [0.25, 0.3) is 0 Å². The van der Waals surface area contributed by atoms with Gasteiger partial charge in [-0.25, -0.2) is 8.42 Å². The number of rotatable bonds is 4. The Morgan fingerprint density at radius 2 is 2.06 bits per heavy atom. The zero-order chi connectivity index (χ0) is 13.2. The molecular weight excluding hydrogens is 242 g/mol. The van der Waals surface area contributed by atoms with E-state index >= 15 is 0 Å². The average Bonchev–Trinajstić information content (AvgIpc) is 2.15. The lowest BCUT2D eigenvalue weighted by atomic mass is 10.00. The minimum absolute atomic E-state index is 0.152. The van der Waals surface area contributed by atoms with E-state index in [4.69, 9.17) is 10.8 Å². The van der Waals surface area contributed by atoms with Crippen LogP contribution in [0.3, 0.4) is 0 Å². The molecule has 0 aromatic heterocycles. The fourth-order valence-corrected chi connectivity index (χ4v) is 2.20. The summed E-state index contributed by atoms with van der Waals surface area (Å²) in [5, 5.41) is 8.67. The van der Waals surface area contributed by atoms with Crippen LogP contribution in [0.4, 0.5) is 0 Å². The van der Waals surface area contributed by atoms with E-state index in [0.29, 0.717) is 5.56 Å². The molecule has 1 aromatic carbocycles. The number of aliphatic carboxylic acids is 1. The first-order valence-corrected chi connectivity index (χ1v) is 6.89. The van der Waals surface area contributed by atoms with Crippen molar-refractivity contribution in [1.82, 2.24) is 0 Å². The summed E-state index contributed by atoms with van der Waals surface area (Å²) in [6, 6.07) is 3.86. The lowest BCUT2D eigenvalue weighted by molar-refractivity contribution is -0.137. The maximum atomic E-state index is 11.4. The van der Waals surface area contributed by atoms with E-state index < -0.39 is 21.8 Å². The van der Waals surface area contributed by atoms with Gasteiger partial charge in [0.05, 0.1) is 11.3 Å². The Morgan fingerprint density at radius 1 is 1.47 bits per heavy atom. The first-order chi connectivity index (χ1) is 7.71. The van der Waals surface area contributed by atoms with Crippen LogP contribution < -0.4 is 5.73 Å². The molecule has 0 amide bonds. The van der Waals surface area contributed by atoms with Crippen molar-refractivity contribution in [2.75, 3.05) is 6.26 Å². The molecule has 94 valence electrons. The Bertz CT molecular complexity index is 536. The predicted molar refractivity (Wildman–Crippen MR) is 63.5 cm³/mol. The molecule has 0 bridgehead atoms. The molecule has 0 aliphatic rings. The van der Waals surface area contributed by atoms with Gasteiger partial charge in [-0.15, -0.1) is 0 Å². The Balaban J connectivity index is 3.19. The number of nitrogens with two attached hydrogens (primary N) is 1. The summed E-state index contributed by atoms with van der Waals surface area (Å²) in [6.45, 7) is 1.77. The van der Waals surface area contributed by atoms with Crippen LogP contribution in [0, 0.1) is 6.92 Å². The van der Waals surface area contributed by atoms with Crippen molar-refractivity contribution in [3.8, 4) is 0 Å². The molecule has 0 aliphatic heterocycles. The van der Waals surface area contributed by atoms with Crippen LogP contribution in [0.5, 0.6) is 0 Å². The Kier molecular flexibility index (Phi) is 3.90. The maximum Gasteiger partial charge on any atom is 0.305 e. The molecule has 0 saturated carbocycles. The fraction of sp³-hybridized carbons (Fsp3) is 0.364. The second-order valence-corrected chi connectivity index (χ2v) is 6.01. The first kappa shape index (κ1) is 13.7. The normalized spacial score (nSPS) is 13.4. The highest BCUT2D eigenvalue weighted by molar-refractivity contribution is 7.90. The second kappa shape index (κ2) is 4.85. The van der Waals surface area contributed by atoms with E-state index in [2.05, 4.69) is 0 Å². The van der Waals surface area contributed by atoms with Gasteiger partial charge in [0.1, 0.15) is 0 Å². The highest BCUT2D eigenvalue weighted by Gasteiger charge is 2.16. The summed E-state index contributed by atoms with van der Waals surface area (Å²) in [4.78, 5) is 10.7. The van der Waals surface area contributed by atoms with Crippen LogP contribution in [0.2, 0.25) is 0 Å². The summed E-state index contributed by atoms with van der Waals surface area (Å²) >= 11 is 0. The average molecular weight is 257 g/mol. The second-order valence-electron chi connectivity index (χ2n) is 3.99. The molecule has 1 aromatic rings. The first-order valence-electron chi connectivity index (χ1n) is 5.00. The van der Waals surface area contributed by atoms with Gasteiger partial charge in [0, 0.05) is 12.3 Å². The monoisotopic (exact) mass is 257 g/mol. The summed E-state index contributed by atoms with van der Waals surface area (Å²) in [5.41, 5.74) is 7.07. The molecular formula is C11H15NO4S. The Morgan fingerprint density at radius 3 is 2.53 bits per heavy atom. The maximum absolute atomic E-state index is 11.4. The number of hydrogen-bond donors (Lipinski definition) is 2. The summed E-state index contributed by atoms with van der Waals surface area (Å²) in [5.74, 6) is -1.01. The van der Waals surface area contributed by atoms with Gasteiger partial charge in [0.15, 0.2) is 9.84 Å². The topological polar surface area (TPSA) is 97.5 Å². The lowest BCUT2D eigenvalue weighted by Gasteiger charge is -2.13. The number of carboxylic acid groups (broad SMARTS) is 1. The quantitative estimate of drug-likeness (QED) is 0.834. The third kappa shape index (κ3) is 3.54. The van der Waals surface area contributed by atoms with Crippen molar-refractivity contribution in [1.29, 1.82) is 0 Å². The van der Waals surface area contributed by atoms with E-state index in [1.807, 2.05) is 0 Å². The molecule has 5 nitrogen and oxygen atoms in total. The van der Waals surface area contributed by atoms with E-state index in [9.17, 15) is 13.2 Å². The molecule has 0 saturated heterocycles. The number of benzene rings is 1. The van der Waals surface area contributed by atoms with Crippen LogP contribution in [0.1, 0.15) is 23.6 Å². The smallest absolute Gasteiger partial charge is 0.305 e. The van der Waals surface area contributed by atoms with Crippen molar-refractivity contribution < 1.29 is 18.3 Å². The molecule has 17 heavy (non-hydrogen) atoms. The highest BCUT2D eigenvalue weighted by atomic mass is 32.2. The van der Waals surface area contributed by atoms with Gasteiger partial charge in [-0.2, -0.15) is 0 Å². The predicted octanol–water partition coefficient (Wildman–Crippen LogP) is 0.873. The van der Waals surface area contributed by atoms with Crippen molar-refractivity contribution >= 4 is 15.8 Å². The van der Waals surface area contributed by atoms with Crippen LogP contribution in [-0.4, -0.2) is 25.7 Å². The molecule has 3 N–H and O–H groups in total. The van der Waals surface area contributed by atoms with E-state index in [1.54, 1.807) is 13.0 Å². The Hall–Kier alpha value is -1.40. The fourth-order valence-electron chi connectivity index (χ4n) is 1.55. The highest BCUT2D eigenvalue weighted by Crippen LogP contribution is 2.22. The van der Waals surface area contributed by atoms with E-state index in [-0.39, 0.29) is 11.3 Å². The molecule has 1 unspecified atom stereocenters. The zero-order valence-electron chi connectivity index (χ0n) is 9.67. The number of hydrogen-bond acceptors (Lipinski definition) is 4. The SMILES string of the molecule is Cc1ccc(S(C)(=O)=O)cc1C(N)CC(=O)O. The van der Waals surface area contributed by atoms with Gasteiger partial charge >= 0.3 is 5.97 Å². The molecule has 0 fully saturated rings. The van der Waals surface area contributed by atoms with E-state index in [0.717, 1.165) is 11.8 Å². The number of aryl methyl sites for hydroxylation is 1. The van der Waals surface area contributed by atoms with Crippen LogP contribution in [0.15, 0.2) is 23.1 Å². The lowest BCUT2D eigenvalue weighted by Crippen LogP contribution is -2.16. The van der Waals surface area contributed by atoms with Gasteiger partial charge in [-0.3, -0.25) is 4.79 Å². The number of carboxylic acids is 1. The standard InChI is InChI=1S/C11H15NO4S/c1-7-3-4-8(17(2,15)16)5-9(7)10(12)6-11(13)14/h3-5,10H,6,12H2,1-2H3,(H,13,14). The van der Waals surface area contributed by atoms with Gasteiger partial charge in [0.2, 0.25) is 0 Å². The van der Waals surface area contributed by atoms with Crippen LogP contribution >= 0.6 is 0 Å². The van der Waals surface area contributed by atoms with Crippen molar-refractivity contribution in [3.05, 3.63) is 29.3 Å². The zero-order valence-corrected chi connectivity index (χ0v) is 10.5. The molecule has 0 radical (unpaired) electrons. The molecule has 0 heterocycles. The molecule has 1 rings (SSSR count). The van der Waals surface area contributed by atoms with Gasteiger partial charge in [-0.1, -0.05) is 6.07 Å². The third-order valence-electron chi connectivity index (χ3n) is 2.47. The Labute approximate surface area is 100 Å². The van der Waals surface area contributed by atoms with Crippen LogP contribution in [-0.2, 0) is 14.6 Å². The number of carbonyl (C=O) groups is 1. The van der Waals surface area contributed by atoms with E-state index in [1.165, 1.54) is 12.1 Å². The van der Waals surface area contributed by atoms with Crippen molar-refractivity contribution in [3.63, 3.8) is 0 Å². The minimum Gasteiger partial charge on any atom is -0.481 e. The van der Waals surface area contributed by atoms with Crippen molar-refractivity contribution in [2.24, 2.45) is 5.73 Å². The largest absolute Gasteiger partial charge is 0.481 e. The third-order valence-corrected chi connectivity index (χ3v) is 3.58. The van der Waals surface area contributed by atoms with Crippen LogP contribution in [0.25, 0.3) is 0 Å². The molecule has 1 atom stereocenters. The van der Waals surface area contributed by atoms with Gasteiger partial charge in [-0.05, 0) is 30.2 Å². The minimum atomic E-state index is -3.31. The molecule has 0 aliphatic carbocycles. The summed E-state index contributed by atoms with van der Waals surface area (Å²) in [6.07, 6.45) is 0.873. The van der Waals surface area contributed by atoms with Crippen molar-refractivity contribution in [2.45, 2.75) is 24.3 Å². The van der Waals surface area contributed by atoms with Gasteiger partial charge < -0.3 is 10.8 Å². The summed E-state index contributed by atoms with van der Waals surface area (Å²) < 4.78 is 22.8. The number of sulfone groups is 1.